The summed E-state index contributed by atoms with van der Waals surface area (Å²) in [5, 5.41) is 4.21. The molecule has 11 heteroatoms. The maximum atomic E-state index is 14.6. The number of anilines is 1. The minimum atomic E-state index is -3.28. The molecule has 0 spiro atoms. The van der Waals surface area contributed by atoms with Gasteiger partial charge in [-0.2, -0.15) is 5.10 Å². The topological polar surface area (TPSA) is 90.6 Å². The quantitative estimate of drug-likeness (QED) is 0.407. The van der Waals surface area contributed by atoms with Crippen molar-refractivity contribution in [3.63, 3.8) is 0 Å². The van der Waals surface area contributed by atoms with Crippen LogP contribution in [-0.4, -0.2) is 36.8 Å². The van der Waals surface area contributed by atoms with Gasteiger partial charge in [0.05, 0.1) is 40.4 Å². The van der Waals surface area contributed by atoms with Crippen LogP contribution in [0.2, 0.25) is 0 Å². The molecule has 0 aliphatic rings. The molecule has 0 saturated heterocycles. The SMILES string of the molecule is C=S(=O)(Nc1ccc(F)c(COc2cnn3cnc(C)c3c2)c1C)c1cc(F)cnc1OC.[HH]. The van der Waals surface area contributed by atoms with E-state index >= 15 is 0 Å². The lowest BCUT2D eigenvalue weighted by Gasteiger charge is -2.19. The van der Waals surface area contributed by atoms with E-state index in [0.717, 1.165) is 23.5 Å². The number of methoxy groups -OCH3 is 1. The third-order valence-corrected chi connectivity index (χ3v) is 6.65. The summed E-state index contributed by atoms with van der Waals surface area (Å²) < 4.78 is 56.9. The van der Waals surface area contributed by atoms with Crippen molar-refractivity contribution in [1.82, 2.24) is 19.6 Å². The second kappa shape index (κ2) is 8.66. The monoisotopic (exact) mass is 475 g/mol. The molecular weight excluding hydrogens is 452 g/mol. The van der Waals surface area contributed by atoms with E-state index in [9.17, 15) is 13.0 Å². The number of benzene rings is 1. The van der Waals surface area contributed by atoms with Gasteiger partial charge in [-0.15, -0.1) is 0 Å². The minimum Gasteiger partial charge on any atom is -0.487 e. The third-order valence-electron chi connectivity index (χ3n) is 5.10. The largest absolute Gasteiger partial charge is 0.487 e. The van der Waals surface area contributed by atoms with Gasteiger partial charge in [0.25, 0.3) is 0 Å². The Morgan fingerprint density at radius 2 is 2.00 bits per heavy atom. The van der Waals surface area contributed by atoms with Crippen LogP contribution in [0.25, 0.3) is 5.52 Å². The highest BCUT2D eigenvalue weighted by molar-refractivity contribution is 8.01. The maximum absolute atomic E-state index is 14.6. The normalized spacial score (nSPS) is 13.0. The van der Waals surface area contributed by atoms with Crippen LogP contribution in [0.4, 0.5) is 14.5 Å². The Bertz CT molecular complexity index is 1460. The standard InChI is InChI=1S/C22H21F2N5O3S.H2/c1-13-17(11-32-16-8-20-14(2)26-12-29(20)27-10-16)18(24)5-6-19(13)28-33(4,30)21-7-15(23)9-25-22(21)31-3;/h5-10,12H,4,11H2,1-3H3,(H,28,30);1H. The number of nitrogens with zero attached hydrogens (tertiary/aromatic N) is 4. The van der Waals surface area contributed by atoms with Crippen molar-refractivity contribution >= 4 is 26.8 Å². The molecule has 0 saturated carbocycles. The molecule has 0 radical (unpaired) electrons. The van der Waals surface area contributed by atoms with Crippen LogP contribution in [0.1, 0.15) is 18.2 Å². The average Bonchev–Trinajstić information content (AvgIpc) is 3.16. The Morgan fingerprint density at radius 1 is 1.21 bits per heavy atom. The summed E-state index contributed by atoms with van der Waals surface area (Å²) in [5.41, 5.74) is 2.62. The predicted molar refractivity (Wildman–Crippen MR) is 123 cm³/mol. The second-order valence-corrected chi connectivity index (χ2v) is 9.27. The Hall–Kier alpha value is -3.73. The number of halogens is 2. The lowest BCUT2D eigenvalue weighted by atomic mass is 10.1. The number of aromatic nitrogens is 4. The van der Waals surface area contributed by atoms with E-state index < -0.39 is 21.3 Å². The highest BCUT2D eigenvalue weighted by Crippen LogP contribution is 2.29. The molecule has 0 aliphatic heterocycles. The fourth-order valence-electron chi connectivity index (χ4n) is 3.27. The number of pyridine rings is 1. The van der Waals surface area contributed by atoms with Crippen LogP contribution in [0.5, 0.6) is 11.6 Å². The number of hydrogen-bond acceptors (Lipinski definition) is 6. The molecule has 0 amide bonds. The fraction of sp³-hybridized carbons (Fsp3) is 0.182. The van der Waals surface area contributed by atoms with Gasteiger partial charge in [-0.1, -0.05) is 0 Å². The number of hydrogen-bond donors (Lipinski definition) is 1. The molecule has 3 heterocycles. The lowest BCUT2D eigenvalue weighted by molar-refractivity contribution is 0.297. The zero-order valence-corrected chi connectivity index (χ0v) is 18.9. The van der Waals surface area contributed by atoms with Crippen LogP contribution >= 0.6 is 0 Å². The van der Waals surface area contributed by atoms with Crippen LogP contribution in [0.15, 0.2) is 47.9 Å². The number of fused-ring (bicyclic) bond motifs is 1. The van der Waals surface area contributed by atoms with Gasteiger partial charge in [-0.25, -0.2) is 27.5 Å². The second-order valence-electron chi connectivity index (χ2n) is 7.28. The van der Waals surface area contributed by atoms with Gasteiger partial charge in [-0.3, -0.25) is 0 Å². The predicted octanol–water partition coefficient (Wildman–Crippen LogP) is 3.96. The summed E-state index contributed by atoms with van der Waals surface area (Å²) >= 11 is 0. The molecule has 33 heavy (non-hydrogen) atoms. The number of aryl methyl sites for hydroxylation is 1. The molecule has 8 nitrogen and oxygen atoms in total. The van der Waals surface area contributed by atoms with Crippen molar-refractivity contribution in [3.05, 3.63) is 71.4 Å². The molecule has 3 aromatic heterocycles. The summed E-state index contributed by atoms with van der Waals surface area (Å²) in [6, 6.07) is 5.46. The molecule has 174 valence electrons. The summed E-state index contributed by atoms with van der Waals surface area (Å²) in [5.74, 6) is 2.93. The van der Waals surface area contributed by atoms with Crippen LogP contribution < -0.4 is 14.2 Å². The third kappa shape index (κ3) is 4.44. The van der Waals surface area contributed by atoms with E-state index in [2.05, 4.69) is 25.7 Å². The Morgan fingerprint density at radius 3 is 2.76 bits per heavy atom. The average molecular weight is 476 g/mol. The first-order chi connectivity index (χ1) is 15.7. The highest BCUT2D eigenvalue weighted by atomic mass is 32.2. The lowest BCUT2D eigenvalue weighted by Crippen LogP contribution is -2.16. The fourth-order valence-corrected chi connectivity index (χ4v) is 4.67. The summed E-state index contributed by atoms with van der Waals surface area (Å²) in [4.78, 5) is 7.94. The van der Waals surface area contributed by atoms with Gasteiger partial charge in [0.1, 0.15) is 35.2 Å². The minimum absolute atomic E-state index is 0. The van der Waals surface area contributed by atoms with Gasteiger partial charge in [0, 0.05) is 18.7 Å². The van der Waals surface area contributed by atoms with Crippen LogP contribution in [0, 0.1) is 25.5 Å². The van der Waals surface area contributed by atoms with Gasteiger partial charge in [0.2, 0.25) is 5.88 Å². The van der Waals surface area contributed by atoms with E-state index in [1.54, 1.807) is 23.8 Å². The zero-order chi connectivity index (χ0) is 23.8. The molecule has 0 aliphatic carbocycles. The first-order valence-corrected chi connectivity index (χ1v) is 11.5. The number of rotatable bonds is 7. The molecule has 1 aromatic carbocycles. The molecule has 1 unspecified atom stereocenters. The molecule has 0 fully saturated rings. The molecule has 4 aromatic rings. The van der Waals surface area contributed by atoms with E-state index in [1.807, 2.05) is 6.92 Å². The van der Waals surface area contributed by atoms with Crippen molar-refractivity contribution in [2.24, 2.45) is 0 Å². The molecule has 4 rings (SSSR count). The smallest absolute Gasteiger partial charge is 0.231 e. The van der Waals surface area contributed by atoms with E-state index in [4.69, 9.17) is 9.47 Å². The Kier molecular flexibility index (Phi) is 5.90. The van der Waals surface area contributed by atoms with Gasteiger partial charge < -0.3 is 14.2 Å². The maximum Gasteiger partial charge on any atom is 0.231 e. The van der Waals surface area contributed by atoms with Crippen molar-refractivity contribution in [2.75, 3.05) is 11.8 Å². The van der Waals surface area contributed by atoms with Crippen LogP contribution in [0.3, 0.4) is 0 Å². The van der Waals surface area contributed by atoms with Gasteiger partial charge in [0.15, 0.2) is 0 Å². The van der Waals surface area contributed by atoms with Crippen molar-refractivity contribution in [2.45, 2.75) is 25.3 Å². The van der Waals surface area contributed by atoms with Gasteiger partial charge >= 0.3 is 0 Å². The molecular formula is C22H23F2N5O3S. The highest BCUT2D eigenvalue weighted by Gasteiger charge is 2.19. The Balaban J connectivity index is 0.00000324. The number of ether oxygens (including phenoxy) is 2. The zero-order valence-electron chi connectivity index (χ0n) is 18.1. The first-order valence-electron chi connectivity index (χ1n) is 9.75. The first kappa shape index (κ1) is 22.5. The number of nitrogens with one attached hydrogen (secondary N) is 1. The van der Waals surface area contributed by atoms with Crippen molar-refractivity contribution < 1.29 is 23.9 Å². The molecule has 1 atom stereocenters. The van der Waals surface area contributed by atoms with E-state index in [-0.39, 0.29) is 24.4 Å². The van der Waals surface area contributed by atoms with Crippen LogP contribution in [-0.2, 0) is 16.3 Å². The molecule has 0 bridgehead atoms. The van der Waals surface area contributed by atoms with E-state index in [1.165, 1.54) is 25.4 Å². The number of imidazole rings is 1. The van der Waals surface area contributed by atoms with E-state index in [0.29, 0.717) is 17.0 Å². The van der Waals surface area contributed by atoms with Crippen molar-refractivity contribution in [1.29, 1.82) is 0 Å². The summed E-state index contributed by atoms with van der Waals surface area (Å²) in [6.45, 7) is 3.41. The summed E-state index contributed by atoms with van der Waals surface area (Å²) in [7, 11) is -1.95. The summed E-state index contributed by atoms with van der Waals surface area (Å²) in [6.07, 6.45) is 4.05. The van der Waals surface area contributed by atoms with Gasteiger partial charge in [-0.05, 0) is 43.5 Å². The Labute approximate surface area is 190 Å². The molecule has 1 N–H and O–H groups in total. The van der Waals surface area contributed by atoms with Crippen molar-refractivity contribution in [3.8, 4) is 11.6 Å².